The number of benzene rings is 1. The van der Waals surface area contributed by atoms with Crippen LogP contribution in [0.2, 0.25) is 0 Å². The number of carbonyl (C=O) groups excluding carboxylic acids is 1. The fourth-order valence-electron chi connectivity index (χ4n) is 4.68. The third kappa shape index (κ3) is 3.84. The third-order valence-corrected chi connectivity index (χ3v) is 5.98. The fraction of sp³-hybridized carbons (Fsp3) is 0.545. The lowest BCUT2D eigenvalue weighted by Gasteiger charge is -2.35. The first kappa shape index (κ1) is 19.2. The average molecular weight is 383 g/mol. The lowest BCUT2D eigenvalue weighted by atomic mass is 9.94. The molecule has 2 atom stereocenters. The summed E-state index contributed by atoms with van der Waals surface area (Å²) in [5.41, 5.74) is 4.53. The third-order valence-electron chi connectivity index (χ3n) is 5.98. The molecule has 0 spiro atoms. The second-order valence-electron chi connectivity index (χ2n) is 8.16. The van der Waals surface area contributed by atoms with Crippen LogP contribution in [0.5, 0.6) is 0 Å². The summed E-state index contributed by atoms with van der Waals surface area (Å²) < 4.78 is 7.22. The molecule has 150 valence electrons. The maximum Gasteiger partial charge on any atom is 0.227 e. The van der Waals surface area contributed by atoms with Crippen molar-refractivity contribution in [3.8, 4) is 5.69 Å². The highest BCUT2D eigenvalue weighted by atomic mass is 16.5. The Kier molecular flexibility index (Phi) is 5.51. The molecule has 0 unspecified atom stereocenters. The normalized spacial score (nSPS) is 22.7. The van der Waals surface area contributed by atoms with Crippen molar-refractivity contribution in [1.82, 2.24) is 19.6 Å². The Balaban J connectivity index is 1.50. The monoisotopic (exact) mass is 382 g/mol. The van der Waals surface area contributed by atoms with E-state index in [4.69, 9.17) is 4.74 Å². The van der Waals surface area contributed by atoms with E-state index in [9.17, 15) is 4.79 Å². The van der Waals surface area contributed by atoms with Gasteiger partial charge >= 0.3 is 0 Å². The first-order chi connectivity index (χ1) is 13.5. The molecule has 1 aromatic carbocycles. The lowest BCUT2D eigenvalue weighted by molar-refractivity contribution is -0.140. The van der Waals surface area contributed by atoms with E-state index >= 15 is 0 Å². The molecule has 0 saturated carbocycles. The molecule has 2 bridgehead atoms. The predicted molar refractivity (Wildman–Crippen MR) is 108 cm³/mol. The van der Waals surface area contributed by atoms with Crippen LogP contribution in [0, 0.1) is 19.8 Å². The highest BCUT2D eigenvalue weighted by Gasteiger charge is 2.40. The van der Waals surface area contributed by atoms with Gasteiger partial charge < -0.3 is 9.64 Å². The lowest BCUT2D eigenvalue weighted by Crippen LogP contribution is -2.49. The number of aromatic nitrogens is 2. The van der Waals surface area contributed by atoms with Crippen LogP contribution in [-0.4, -0.2) is 64.9 Å². The highest BCUT2D eigenvalue weighted by molar-refractivity contribution is 5.80. The number of methoxy groups -OCH3 is 1. The smallest absolute Gasteiger partial charge is 0.227 e. The van der Waals surface area contributed by atoms with Gasteiger partial charge in [0.25, 0.3) is 0 Å². The topological polar surface area (TPSA) is 50.6 Å². The molecule has 28 heavy (non-hydrogen) atoms. The van der Waals surface area contributed by atoms with Crippen LogP contribution in [0.3, 0.4) is 0 Å². The van der Waals surface area contributed by atoms with Gasteiger partial charge in [0.1, 0.15) is 0 Å². The molecule has 0 N–H and O–H groups in total. The SMILES string of the molecule is COCCN1C(=O)[C@@H]2CC[C@H]1CN(Cc1cccc(-n3nc(C)cc3C)c1)C2. The summed E-state index contributed by atoms with van der Waals surface area (Å²) >= 11 is 0. The van der Waals surface area contributed by atoms with Crippen molar-refractivity contribution in [2.24, 2.45) is 5.92 Å². The van der Waals surface area contributed by atoms with Crippen molar-refractivity contribution < 1.29 is 9.53 Å². The molecule has 0 radical (unpaired) electrons. The summed E-state index contributed by atoms with van der Waals surface area (Å²) in [6, 6.07) is 11.0. The highest BCUT2D eigenvalue weighted by Crippen LogP contribution is 2.30. The van der Waals surface area contributed by atoms with Crippen LogP contribution < -0.4 is 0 Å². The van der Waals surface area contributed by atoms with Crippen LogP contribution in [0.1, 0.15) is 29.8 Å². The van der Waals surface area contributed by atoms with Crippen molar-refractivity contribution in [2.75, 3.05) is 33.4 Å². The Bertz CT molecular complexity index is 847. The summed E-state index contributed by atoms with van der Waals surface area (Å²) in [6.07, 6.45) is 2.11. The second-order valence-corrected chi connectivity index (χ2v) is 8.16. The quantitative estimate of drug-likeness (QED) is 0.771. The molecule has 6 heteroatoms. The zero-order chi connectivity index (χ0) is 19.7. The zero-order valence-electron chi connectivity index (χ0n) is 17.1. The molecule has 1 aromatic heterocycles. The second kappa shape index (κ2) is 8.05. The van der Waals surface area contributed by atoms with Crippen molar-refractivity contribution in [1.29, 1.82) is 0 Å². The Morgan fingerprint density at radius 3 is 2.79 bits per heavy atom. The molecule has 2 aromatic rings. The Morgan fingerprint density at radius 2 is 2.04 bits per heavy atom. The van der Waals surface area contributed by atoms with Crippen molar-refractivity contribution in [2.45, 2.75) is 39.3 Å². The minimum atomic E-state index is 0.120. The zero-order valence-corrected chi connectivity index (χ0v) is 17.1. The van der Waals surface area contributed by atoms with Crippen molar-refractivity contribution >= 4 is 5.91 Å². The molecule has 5 rings (SSSR count). The van der Waals surface area contributed by atoms with Crippen LogP contribution in [0.15, 0.2) is 30.3 Å². The van der Waals surface area contributed by atoms with Gasteiger partial charge in [0, 0.05) is 45.0 Å². The average Bonchev–Trinajstić information content (AvgIpc) is 2.83. The number of hydrogen-bond acceptors (Lipinski definition) is 4. The summed E-state index contributed by atoms with van der Waals surface area (Å²) in [4.78, 5) is 17.3. The van der Waals surface area contributed by atoms with Gasteiger partial charge in [0.2, 0.25) is 5.91 Å². The Hall–Kier alpha value is -2.18. The van der Waals surface area contributed by atoms with E-state index in [-0.39, 0.29) is 5.92 Å². The van der Waals surface area contributed by atoms with Crippen LogP contribution >= 0.6 is 0 Å². The molecule has 3 saturated heterocycles. The fourth-order valence-corrected chi connectivity index (χ4v) is 4.68. The van der Waals surface area contributed by atoms with Crippen molar-refractivity contribution in [3.05, 3.63) is 47.3 Å². The first-order valence-corrected chi connectivity index (χ1v) is 10.2. The summed E-state index contributed by atoms with van der Waals surface area (Å²) in [7, 11) is 1.70. The molecule has 4 heterocycles. The van der Waals surface area contributed by atoms with E-state index in [1.807, 2.05) is 11.6 Å². The number of rotatable bonds is 6. The predicted octanol–water partition coefficient (Wildman–Crippen LogP) is 2.56. The molecular formula is C22H30N4O2. The minimum Gasteiger partial charge on any atom is -0.383 e. The van der Waals surface area contributed by atoms with Gasteiger partial charge in [-0.05, 0) is 50.5 Å². The van der Waals surface area contributed by atoms with Gasteiger partial charge in [0.05, 0.1) is 23.9 Å². The van der Waals surface area contributed by atoms with E-state index in [2.05, 4.69) is 52.2 Å². The number of carbonyl (C=O) groups is 1. The number of fused-ring (bicyclic) bond motifs is 4. The molecular weight excluding hydrogens is 352 g/mol. The summed E-state index contributed by atoms with van der Waals surface area (Å²) in [5.74, 6) is 0.432. The van der Waals surface area contributed by atoms with Gasteiger partial charge in [-0.15, -0.1) is 0 Å². The largest absolute Gasteiger partial charge is 0.383 e. The number of hydrogen-bond donors (Lipinski definition) is 0. The Morgan fingerprint density at radius 1 is 1.18 bits per heavy atom. The van der Waals surface area contributed by atoms with Gasteiger partial charge in [-0.25, -0.2) is 4.68 Å². The van der Waals surface area contributed by atoms with E-state index in [1.54, 1.807) is 7.11 Å². The van der Waals surface area contributed by atoms with Gasteiger partial charge in [-0.1, -0.05) is 12.1 Å². The standard InChI is InChI=1S/C22H30N4O2/c1-16-11-17(2)26(23-16)20-6-4-5-18(12-20)13-24-14-19-7-8-21(15-24)25(22(19)27)9-10-28-3/h4-6,11-12,19,21H,7-10,13-15H2,1-3H3/t19-,21+/m1/s1. The number of amides is 1. The molecule has 6 nitrogen and oxygen atoms in total. The van der Waals surface area contributed by atoms with Crippen LogP contribution in [0.4, 0.5) is 0 Å². The van der Waals surface area contributed by atoms with E-state index in [1.165, 1.54) is 5.56 Å². The number of piperidine rings is 1. The van der Waals surface area contributed by atoms with Gasteiger partial charge in [-0.2, -0.15) is 5.10 Å². The number of nitrogens with zero attached hydrogens (tertiary/aromatic N) is 4. The summed E-state index contributed by atoms with van der Waals surface area (Å²) in [5, 5.41) is 4.61. The Labute approximate surface area is 167 Å². The number of aryl methyl sites for hydroxylation is 2. The van der Waals surface area contributed by atoms with Gasteiger partial charge in [0.15, 0.2) is 0 Å². The maximum atomic E-state index is 12.8. The minimum absolute atomic E-state index is 0.120. The molecule has 0 aliphatic carbocycles. The van der Waals surface area contributed by atoms with E-state index in [0.29, 0.717) is 25.1 Å². The molecule has 1 amide bonds. The molecule has 3 aliphatic rings. The van der Waals surface area contributed by atoms with E-state index in [0.717, 1.165) is 49.6 Å². The number of ether oxygens (including phenoxy) is 1. The van der Waals surface area contributed by atoms with Crippen LogP contribution in [-0.2, 0) is 16.1 Å². The van der Waals surface area contributed by atoms with Gasteiger partial charge in [-0.3, -0.25) is 9.69 Å². The molecule has 3 fully saturated rings. The van der Waals surface area contributed by atoms with Crippen LogP contribution in [0.25, 0.3) is 5.69 Å². The summed E-state index contributed by atoms with van der Waals surface area (Å²) in [6.45, 7) is 8.08. The first-order valence-electron chi connectivity index (χ1n) is 10.2. The van der Waals surface area contributed by atoms with Crippen molar-refractivity contribution in [3.63, 3.8) is 0 Å². The molecule has 3 aliphatic heterocycles. The van der Waals surface area contributed by atoms with E-state index < -0.39 is 0 Å². The maximum absolute atomic E-state index is 12.8.